The molecule has 0 saturated carbocycles. The van der Waals surface area contributed by atoms with Gasteiger partial charge in [0, 0.05) is 42.3 Å². The molecule has 0 amide bonds. The van der Waals surface area contributed by atoms with Crippen molar-refractivity contribution >= 4 is 23.1 Å². The van der Waals surface area contributed by atoms with Crippen LogP contribution in [0.15, 0.2) is 52.3 Å². The molecule has 2 aliphatic rings. The molecule has 162 valence electrons. The van der Waals surface area contributed by atoms with Crippen molar-refractivity contribution in [3.8, 4) is 0 Å². The smallest absolute Gasteiger partial charge is 0.340 e. The Morgan fingerprint density at radius 3 is 2.27 bits per heavy atom. The third-order valence-corrected chi connectivity index (χ3v) is 6.78. The molecule has 0 atom stereocenters. The van der Waals surface area contributed by atoms with E-state index in [0.29, 0.717) is 25.3 Å². The zero-order valence-corrected chi connectivity index (χ0v) is 17.2. The fourth-order valence-corrected chi connectivity index (χ4v) is 5.03. The summed E-state index contributed by atoms with van der Waals surface area (Å²) in [6.07, 6.45) is -3.01. The van der Waals surface area contributed by atoms with E-state index in [2.05, 4.69) is 0 Å². The number of halogens is 5. The predicted octanol–water partition coefficient (Wildman–Crippen LogP) is 6.82. The molecule has 2 aromatic rings. The summed E-state index contributed by atoms with van der Waals surface area (Å²) in [4.78, 5) is 5.83. The van der Waals surface area contributed by atoms with Crippen molar-refractivity contribution in [1.29, 1.82) is 0 Å². The van der Waals surface area contributed by atoms with Crippen LogP contribution in [0.25, 0.3) is 0 Å². The lowest BCUT2D eigenvalue weighted by atomic mass is 10.1. The van der Waals surface area contributed by atoms with Crippen molar-refractivity contribution in [2.24, 2.45) is 0 Å². The Labute approximate surface area is 177 Å². The first-order valence-corrected chi connectivity index (χ1v) is 10.9. The molecule has 0 spiro atoms. The summed E-state index contributed by atoms with van der Waals surface area (Å²) in [6, 6.07) is 11.6. The van der Waals surface area contributed by atoms with E-state index in [1.54, 1.807) is 6.07 Å². The second kappa shape index (κ2) is 8.38. The molecule has 0 N–H and O–H groups in total. The van der Waals surface area contributed by atoms with Gasteiger partial charge in [-0.2, -0.15) is 13.2 Å². The van der Waals surface area contributed by atoms with Gasteiger partial charge in [0.25, 0.3) is 5.92 Å². The van der Waals surface area contributed by atoms with Crippen molar-refractivity contribution < 1.29 is 22.0 Å². The Balaban J connectivity index is 1.46. The summed E-state index contributed by atoms with van der Waals surface area (Å²) in [5.74, 6) is -2.55. The van der Waals surface area contributed by atoms with Crippen LogP contribution >= 0.6 is 11.8 Å². The van der Waals surface area contributed by atoms with Crippen LogP contribution < -0.4 is 4.90 Å². The van der Waals surface area contributed by atoms with Crippen LogP contribution in [-0.4, -0.2) is 37.0 Å². The fraction of sp³-hybridized carbons (Fsp3) is 0.455. The number of rotatable bonds is 5. The fourth-order valence-electron chi connectivity index (χ4n) is 3.96. The molecule has 0 radical (unpaired) electrons. The van der Waals surface area contributed by atoms with Gasteiger partial charge in [0.15, 0.2) is 0 Å². The van der Waals surface area contributed by atoms with Crippen LogP contribution in [-0.2, 0) is 6.18 Å². The highest BCUT2D eigenvalue weighted by Gasteiger charge is 2.34. The quantitative estimate of drug-likeness (QED) is 0.371. The second-order valence-electron chi connectivity index (χ2n) is 7.81. The van der Waals surface area contributed by atoms with Gasteiger partial charge in [-0.25, -0.2) is 8.78 Å². The minimum Gasteiger partial charge on any atom is -0.340 e. The molecule has 0 aromatic heterocycles. The first-order valence-electron chi connectivity index (χ1n) is 10.1. The lowest BCUT2D eigenvalue weighted by Gasteiger charge is -2.34. The van der Waals surface area contributed by atoms with Crippen LogP contribution in [0.3, 0.4) is 0 Å². The standard InChI is InChI=1S/C22H23F5N2S/c23-21(24)9-13-28(14-10-21)11-3-4-12-29-17-5-1-2-6-19(17)30-20-8-7-16(15-18(20)29)22(25,26)27/h1-2,5-8,15H,3-4,9-14H2. The number of unbranched alkanes of at least 4 members (excludes halogenated alkanes) is 1. The molecule has 30 heavy (non-hydrogen) atoms. The molecule has 1 saturated heterocycles. The first-order chi connectivity index (χ1) is 14.2. The molecule has 0 unspecified atom stereocenters. The number of anilines is 2. The van der Waals surface area contributed by atoms with Crippen molar-refractivity contribution in [3.05, 3.63) is 48.0 Å². The number of piperidine rings is 1. The van der Waals surface area contributed by atoms with Crippen molar-refractivity contribution in [3.63, 3.8) is 0 Å². The molecule has 2 heterocycles. The third-order valence-electron chi connectivity index (χ3n) is 5.65. The van der Waals surface area contributed by atoms with Gasteiger partial charge in [0.05, 0.1) is 16.9 Å². The van der Waals surface area contributed by atoms with Gasteiger partial charge in [0.2, 0.25) is 0 Å². The molecule has 8 heteroatoms. The topological polar surface area (TPSA) is 6.48 Å². The first kappa shape index (κ1) is 21.4. The highest BCUT2D eigenvalue weighted by atomic mass is 32.2. The molecule has 0 aliphatic carbocycles. The molecule has 2 aromatic carbocycles. The second-order valence-corrected chi connectivity index (χ2v) is 8.89. The number of fused-ring (bicyclic) bond motifs is 2. The summed E-state index contributed by atoms with van der Waals surface area (Å²) in [5.41, 5.74) is 0.832. The summed E-state index contributed by atoms with van der Waals surface area (Å²) in [6.45, 7) is 2.10. The Bertz CT molecular complexity index is 889. The maximum absolute atomic E-state index is 13.3. The number of likely N-dealkylation sites (tertiary alicyclic amines) is 1. The van der Waals surface area contributed by atoms with E-state index >= 15 is 0 Å². The highest BCUT2D eigenvalue weighted by Crippen LogP contribution is 2.49. The zero-order chi connectivity index (χ0) is 21.4. The van der Waals surface area contributed by atoms with Gasteiger partial charge < -0.3 is 9.80 Å². The number of nitrogens with zero attached hydrogens (tertiary/aromatic N) is 2. The van der Waals surface area contributed by atoms with Crippen LogP contribution in [0.5, 0.6) is 0 Å². The molecule has 2 aliphatic heterocycles. The van der Waals surface area contributed by atoms with E-state index in [1.165, 1.54) is 17.8 Å². The summed E-state index contributed by atoms with van der Waals surface area (Å²) in [7, 11) is 0. The zero-order valence-electron chi connectivity index (χ0n) is 16.4. The average molecular weight is 442 g/mol. The van der Waals surface area contributed by atoms with E-state index in [4.69, 9.17) is 0 Å². The number of alkyl halides is 5. The summed E-state index contributed by atoms with van der Waals surface area (Å²) < 4.78 is 66.4. The van der Waals surface area contributed by atoms with Gasteiger partial charge in [-0.15, -0.1) is 0 Å². The number of benzene rings is 2. The van der Waals surface area contributed by atoms with Gasteiger partial charge in [-0.1, -0.05) is 23.9 Å². The van der Waals surface area contributed by atoms with Gasteiger partial charge >= 0.3 is 6.18 Å². The normalized spacial score (nSPS) is 18.8. The molecule has 2 nitrogen and oxygen atoms in total. The van der Waals surface area contributed by atoms with Crippen LogP contribution in [0, 0.1) is 0 Å². The molecular weight excluding hydrogens is 419 g/mol. The minimum absolute atomic E-state index is 0.0999. The lowest BCUT2D eigenvalue weighted by molar-refractivity contribution is -0.137. The molecule has 1 fully saturated rings. The monoisotopic (exact) mass is 442 g/mol. The van der Waals surface area contributed by atoms with Crippen LogP contribution in [0.2, 0.25) is 0 Å². The van der Waals surface area contributed by atoms with E-state index in [9.17, 15) is 22.0 Å². The van der Waals surface area contributed by atoms with Gasteiger partial charge in [-0.3, -0.25) is 0 Å². The third kappa shape index (κ3) is 4.75. The number of hydrogen-bond acceptors (Lipinski definition) is 3. The van der Waals surface area contributed by atoms with E-state index in [0.717, 1.165) is 40.9 Å². The Morgan fingerprint density at radius 2 is 1.53 bits per heavy atom. The molecular formula is C22H23F5N2S. The maximum atomic E-state index is 13.3. The van der Waals surface area contributed by atoms with Crippen molar-refractivity contribution in [1.82, 2.24) is 4.90 Å². The van der Waals surface area contributed by atoms with Gasteiger partial charge in [0.1, 0.15) is 0 Å². The Kier molecular flexibility index (Phi) is 5.99. The summed E-state index contributed by atoms with van der Waals surface area (Å²) >= 11 is 1.48. The van der Waals surface area contributed by atoms with E-state index in [1.807, 2.05) is 34.1 Å². The predicted molar refractivity (Wildman–Crippen MR) is 109 cm³/mol. The van der Waals surface area contributed by atoms with E-state index < -0.39 is 17.7 Å². The molecule has 0 bridgehead atoms. The number of hydrogen-bond donors (Lipinski definition) is 0. The van der Waals surface area contributed by atoms with E-state index in [-0.39, 0.29) is 12.8 Å². The van der Waals surface area contributed by atoms with Crippen molar-refractivity contribution in [2.75, 3.05) is 31.1 Å². The Morgan fingerprint density at radius 1 is 0.867 bits per heavy atom. The SMILES string of the molecule is FC1(F)CCN(CCCCN2c3ccccc3Sc3ccc(C(F)(F)F)cc32)CC1. The number of para-hydroxylation sites is 1. The summed E-state index contributed by atoms with van der Waals surface area (Å²) in [5, 5.41) is 0. The van der Waals surface area contributed by atoms with Crippen LogP contribution in [0.4, 0.5) is 33.3 Å². The lowest BCUT2D eigenvalue weighted by Crippen LogP contribution is -2.39. The molecule has 4 rings (SSSR count). The van der Waals surface area contributed by atoms with Gasteiger partial charge in [-0.05, 0) is 49.7 Å². The average Bonchev–Trinajstić information content (AvgIpc) is 2.70. The highest BCUT2D eigenvalue weighted by molar-refractivity contribution is 7.99. The Hall–Kier alpha value is -1.80. The minimum atomic E-state index is -4.39. The maximum Gasteiger partial charge on any atom is 0.416 e. The van der Waals surface area contributed by atoms with Crippen molar-refractivity contribution in [2.45, 2.75) is 47.6 Å². The van der Waals surface area contributed by atoms with Crippen LogP contribution in [0.1, 0.15) is 31.2 Å². The largest absolute Gasteiger partial charge is 0.416 e.